The lowest BCUT2D eigenvalue weighted by Crippen LogP contribution is -2.28. The van der Waals surface area contributed by atoms with Crippen LogP contribution in [0.2, 0.25) is 0 Å². The number of rotatable bonds is 4. The van der Waals surface area contributed by atoms with Crippen LogP contribution in [0.25, 0.3) is 0 Å². The summed E-state index contributed by atoms with van der Waals surface area (Å²) in [4.78, 5) is 13.4. The summed E-state index contributed by atoms with van der Waals surface area (Å²) in [7, 11) is 1.47. The average Bonchev–Trinajstić information content (AvgIpc) is 2.72. The van der Waals surface area contributed by atoms with Crippen molar-refractivity contribution in [1.29, 1.82) is 0 Å². The van der Waals surface area contributed by atoms with Crippen molar-refractivity contribution in [2.45, 2.75) is 12.5 Å². The number of anilines is 2. The Balaban J connectivity index is 1.94. The van der Waals surface area contributed by atoms with Gasteiger partial charge in [0.05, 0.1) is 5.69 Å². The second-order valence-electron chi connectivity index (χ2n) is 6.70. The van der Waals surface area contributed by atoms with Crippen LogP contribution in [0.5, 0.6) is 5.75 Å². The number of hydrogen-bond acceptors (Lipinski definition) is 3. The highest BCUT2D eigenvalue weighted by molar-refractivity contribution is 5.92. The van der Waals surface area contributed by atoms with E-state index in [-0.39, 0.29) is 17.9 Å². The molecular formula is C22H16F3NO3. The molecule has 29 heavy (non-hydrogen) atoms. The van der Waals surface area contributed by atoms with E-state index in [1.54, 1.807) is 54.6 Å². The minimum Gasteiger partial charge on any atom is -0.485 e. The van der Waals surface area contributed by atoms with Crippen molar-refractivity contribution in [3.8, 4) is 5.75 Å². The van der Waals surface area contributed by atoms with Gasteiger partial charge in [-0.2, -0.15) is 4.39 Å². The number of halogens is 3. The van der Waals surface area contributed by atoms with Crippen LogP contribution in [-0.4, -0.2) is 18.1 Å². The Labute approximate surface area is 164 Å². The van der Waals surface area contributed by atoms with Crippen molar-refractivity contribution in [3.05, 3.63) is 88.7 Å². The van der Waals surface area contributed by atoms with E-state index in [9.17, 15) is 23.1 Å². The first-order valence-corrected chi connectivity index (χ1v) is 8.84. The standard InChI is InChI=1S/C22H16F3NO3/c1-26-14-10-6-5-9-13(14)15(22(27)28)16-20(26)18(24)17(23)19(25)21(16)29-11-12-7-3-2-4-8-12/h2-10,15H,11H2,1H3,(H,27,28). The lowest BCUT2D eigenvalue weighted by Gasteiger charge is -2.35. The van der Waals surface area contributed by atoms with Crippen molar-refractivity contribution in [1.82, 2.24) is 0 Å². The van der Waals surface area contributed by atoms with Gasteiger partial charge in [-0.15, -0.1) is 0 Å². The topological polar surface area (TPSA) is 49.8 Å². The number of hydrogen-bond donors (Lipinski definition) is 1. The first kappa shape index (κ1) is 18.9. The largest absolute Gasteiger partial charge is 0.485 e. The Hall–Kier alpha value is -3.48. The summed E-state index contributed by atoms with van der Waals surface area (Å²) in [5, 5.41) is 9.87. The fourth-order valence-corrected chi connectivity index (χ4v) is 3.68. The minimum absolute atomic E-state index is 0.132. The molecule has 0 amide bonds. The van der Waals surface area contributed by atoms with Crippen LogP contribution in [0.3, 0.4) is 0 Å². The van der Waals surface area contributed by atoms with Gasteiger partial charge in [0.25, 0.3) is 0 Å². The van der Waals surface area contributed by atoms with Crippen molar-refractivity contribution in [2.75, 3.05) is 11.9 Å². The number of nitrogens with zero attached hydrogens (tertiary/aromatic N) is 1. The molecule has 1 unspecified atom stereocenters. The van der Waals surface area contributed by atoms with Gasteiger partial charge in [0.2, 0.25) is 5.82 Å². The molecule has 1 aliphatic heterocycles. The van der Waals surface area contributed by atoms with E-state index in [2.05, 4.69) is 0 Å². The zero-order valence-electron chi connectivity index (χ0n) is 15.3. The summed E-state index contributed by atoms with van der Waals surface area (Å²) >= 11 is 0. The summed E-state index contributed by atoms with van der Waals surface area (Å²) in [6.07, 6.45) is 0. The molecule has 1 N–H and O–H groups in total. The van der Waals surface area contributed by atoms with E-state index in [0.29, 0.717) is 16.8 Å². The van der Waals surface area contributed by atoms with E-state index in [1.165, 1.54) is 11.9 Å². The number of aliphatic carboxylic acids is 1. The highest BCUT2D eigenvalue weighted by atomic mass is 19.2. The Morgan fingerprint density at radius 3 is 2.34 bits per heavy atom. The van der Waals surface area contributed by atoms with Gasteiger partial charge in [-0.1, -0.05) is 48.5 Å². The molecule has 1 heterocycles. The summed E-state index contributed by atoms with van der Waals surface area (Å²) in [5.41, 5.74) is 0.808. The highest BCUT2D eigenvalue weighted by Gasteiger charge is 2.41. The van der Waals surface area contributed by atoms with Crippen LogP contribution in [0.15, 0.2) is 54.6 Å². The van der Waals surface area contributed by atoms with Gasteiger partial charge in [-0.05, 0) is 17.2 Å². The summed E-state index contributed by atoms with van der Waals surface area (Å²) in [6, 6.07) is 15.2. The average molecular weight is 399 g/mol. The molecule has 4 rings (SSSR count). The van der Waals surface area contributed by atoms with Crippen molar-refractivity contribution >= 4 is 17.3 Å². The molecule has 0 spiro atoms. The van der Waals surface area contributed by atoms with Crippen LogP contribution in [0, 0.1) is 17.5 Å². The molecule has 0 fully saturated rings. The van der Waals surface area contributed by atoms with Crippen LogP contribution < -0.4 is 9.64 Å². The van der Waals surface area contributed by atoms with Gasteiger partial charge in [0.15, 0.2) is 17.4 Å². The molecule has 4 nitrogen and oxygen atoms in total. The molecule has 0 radical (unpaired) electrons. The number of ether oxygens (including phenoxy) is 1. The maximum Gasteiger partial charge on any atom is 0.315 e. The van der Waals surface area contributed by atoms with Gasteiger partial charge in [0.1, 0.15) is 12.5 Å². The highest BCUT2D eigenvalue weighted by Crippen LogP contribution is 2.51. The SMILES string of the molecule is CN1c2ccccc2C(C(=O)O)c2c(OCc3ccccc3)c(F)c(F)c(F)c21. The van der Waals surface area contributed by atoms with Crippen LogP contribution in [0.1, 0.15) is 22.6 Å². The third-order valence-corrected chi connectivity index (χ3v) is 5.00. The predicted octanol–water partition coefficient (Wildman–Crippen LogP) is 4.98. The van der Waals surface area contributed by atoms with E-state index >= 15 is 0 Å². The molecule has 1 aliphatic rings. The third kappa shape index (κ3) is 2.99. The molecule has 3 aromatic carbocycles. The predicted molar refractivity (Wildman–Crippen MR) is 101 cm³/mol. The van der Waals surface area contributed by atoms with Crippen LogP contribution >= 0.6 is 0 Å². The maximum atomic E-state index is 14.8. The fourth-order valence-electron chi connectivity index (χ4n) is 3.68. The molecular weight excluding hydrogens is 383 g/mol. The van der Waals surface area contributed by atoms with E-state index < -0.39 is 35.1 Å². The summed E-state index contributed by atoms with van der Waals surface area (Å²) in [6.45, 7) is -0.132. The second-order valence-corrected chi connectivity index (χ2v) is 6.70. The first-order valence-electron chi connectivity index (χ1n) is 8.84. The maximum absolute atomic E-state index is 14.8. The van der Waals surface area contributed by atoms with Crippen LogP contribution in [-0.2, 0) is 11.4 Å². The molecule has 0 aliphatic carbocycles. The number of carboxylic acid groups (broad SMARTS) is 1. The Bertz CT molecular complexity index is 1100. The van der Waals surface area contributed by atoms with E-state index in [1.807, 2.05) is 0 Å². The molecule has 3 aromatic rings. The Morgan fingerprint density at radius 2 is 1.66 bits per heavy atom. The smallest absolute Gasteiger partial charge is 0.315 e. The van der Waals surface area contributed by atoms with Gasteiger partial charge in [0, 0.05) is 18.3 Å². The zero-order chi connectivity index (χ0) is 20.7. The quantitative estimate of drug-likeness (QED) is 0.629. The Kier molecular flexibility index (Phi) is 4.66. The fraction of sp³-hybridized carbons (Fsp3) is 0.136. The molecule has 0 saturated heterocycles. The molecule has 0 saturated carbocycles. The zero-order valence-corrected chi connectivity index (χ0v) is 15.3. The number of para-hydroxylation sites is 1. The first-order chi connectivity index (χ1) is 13.9. The number of benzene rings is 3. The van der Waals surface area contributed by atoms with Crippen molar-refractivity contribution < 1.29 is 27.8 Å². The van der Waals surface area contributed by atoms with Crippen LogP contribution in [0.4, 0.5) is 24.5 Å². The third-order valence-electron chi connectivity index (χ3n) is 5.00. The second kappa shape index (κ2) is 7.16. The van der Waals surface area contributed by atoms with Crippen molar-refractivity contribution in [2.24, 2.45) is 0 Å². The van der Waals surface area contributed by atoms with Gasteiger partial charge in [-0.25, -0.2) is 8.78 Å². The minimum atomic E-state index is -1.71. The Morgan fingerprint density at radius 1 is 1.00 bits per heavy atom. The van der Waals surface area contributed by atoms with Crippen molar-refractivity contribution in [3.63, 3.8) is 0 Å². The molecule has 0 bridgehead atoms. The monoisotopic (exact) mass is 399 g/mol. The van der Waals surface area contributed by atoms with Gasteiger partial charge < -0.3 is 14.7 Å². The molecule has 7 heteroatoms. The molecule has 0 aromatic heterocycles. The lowest BCUT2D eigenvalue weighted by atomic mass is 9.84. The summed E-state index contributed by atoms with van der Waals surface area (Å²) < 4.78 is 49.4. The van der Waals surface area contributed by atoms with Gasteiger partial charge >= 0.3 is 5.97 Å². The number of carboxylic acids is 1. The lowest BCUT2D eigenvalue weighted by molar-refractivity contribution is -0.137. The molecule has 148 valence electrons. The normalized spacial score (nSPS) is 14.9. The van der Waals surface area contributed by atoms with E-state index in [4.69, 9.17) is 4.74 Å². The molecule has 1 atom stereocenters. The number of fused-ring (bicyclic) bond motifs is 2. The van der Waals surface area contributed by atoms with E-state index in [0.717, 1.165) is 0 Å². The van der Waals surface area contributed by atoms with Gasteiger partial charge in [-0.3, -0.25) is 4.79 Å². The summed E-state index contributed by atoms with van der Waals surface area (Å²) in [5.74, 6) is -8.03. The number of carbonyl (C=O) groups is 1.